The van der Waals surface area contributed by atoms with Crippen molar-refractivity contribution in [3.8, 4) is 11.4 Å². The van der Waals surface area contributed by atoms with Gasteiger partial charge >= 0.3 is 5.97 Å². The van der Waals surface area contributed by atoms with Gasteiger partial charge in [0.15, 0.2) is 11.6 Å². The van der Waals surface area contributed by atoms with Gasteiger partial charge in [0.1, 0.15) is 10.3 Å². The zero-order chi connectivity index (χ0) is 19.0. The van der Waals surface area contributed by atoms with Crippen LogP contribution < -0.4 is 10.6 Å². The summed E-state index contributed by atoms with van der Waals surface area (Å²) in [5, 5.41) is 16.9. The average Bonchev–Trinajstić information content (AvgIpc) is 3.12. The number of carboxylic acids is 1. The summed E-state index contributed by atoms with van der Waals surface area (Å²) in [5.74, 6) is -0.146. The molecule has 4 rings (SSSR count). The maximum atomic E-state index is 11.4. The van der Waals surface area contributed by atoms with E-state index in [0.717, 1.165) is 11.3 Å². The van der Waals surface area contributed by atoms with Gasteiger partial charge in [-0.1, -0.05) is 23.5 Å². The van der Waals surface area contributed by atoms with Crippen molar-refractivity contribution < 1.29 is 14.6 Å². The average molecular weight is 384 g/mol. The van der Waals surface area contributed by atoms with Crippen molar-refractivity contribution in [3.05, 3.63) is 28.8 Å². The van der Waals surface area contributed by atoms with E-state index >= 15 is 0 Å². The summed E-state index contributed by atoms with van der Waals surface area (Å²) in [5.41, 5.74) is 8.04. The van der Waals surface area contributed by atoms with E-state index in [1.165, 1.54) is 6.21 Å². The van der Waals surface area contributed by atoms with Crippen molar-refractivity contribution in [2.75, 3.05) is 36.9 Å². The van der Waals surface area contributed by atoms with Gasteiger partial charge in [0.25, 0.3) is 0 Å². The second-order valence-corrected chi connectivity index (χ2v) is 6.88. The summed E-state index contributed by atoms with van der Waals surface area (Å²) in [7, 11) is 0. The highest BCUT2D eigenvalue weighted by atomic mass is 32.1. The van der Waals surface area contributed by atoms with Crippen LogP contribution >= 0.6 is 11.3 Å². The SMILES string of the molecule is N=Cc1c(N)cccc1-c1nc(N2CCOCC2)c2nc(C(=O)O)sc2n1. The molecule has 1 fully saturated rings. The van der Waals surface area contributed by atoms with Gasteiger partial charge in [-0.2, -0.15) is 0 Å². The molecular weight excluding hydrogens is 368 g/mol. The Bertz CT molecular complexity index is 1040. The van der Waals surface area contributed by atoms with E-state index in [9.17, 15) is 9.90 Å². The van der Waals surface area contributed by atoms with E-state index < -0.39 is 5.97 Å². The van der Waals surface area contributed by atoms with Gasteiger partial charge < -0.3 is 25.9 Å². The van der Waals surface area contributed by atoms with Gasteiger partial charge in [-0.3, -0.25) is 0 Å². The van der Waals surface area contributed by atoms with Crippen molar-refractivity contribution in [3.63, 3.8) is 0 Å². The number of fused-ring (bicyclic) bond motifs is 1. The molecule has 4 N–H and O–H groups in total. The smallest absolute Gasteiger partial charge is 0.365 e. The minimum Gasteiger partial charge on any atom is -0.476 e. The van der Waals surface area contributed by atoms with Crippen LogP contribution in [0.15, 0.2) is 18.2 Å². The summed E-state index contributed by atoms with van der Waals surface area (Å²) in [6.45, 7) is 2.36. The number of ether oxygens (including phenoxy) is 1. The minimum atomic E-state index is -1.10. The second-order valence-electron chi connectivity index (χ2n) is 5.90. The normalized spacial score (nSPS) is 14.4. The van der Waals surface area contributed by atoms with E-state index in [1.54, 1.807) is 18.2 Å². The standard InChI is InChI=1S/C17H16N6O3S/c18-8-10-9(2-1-3-11(10)19)13-21-14(23-4-6-26-7-5-23)12-15(22-13)27-16(20-12)17(24)25/h1-3,8,18H,4-7,19H2,(H,24,25). The number of aromatic carboxylic acids is 1. The molecule has 0 atom stereocenters. The van der Waals surface area contributed by atoms with Crippen molar-refractivity contribution in [2.24, 2.45) is 0 Å². The van der Waals surface area contributed by atoms with Crippen LogP contribution in [-0.4, -0.2) is 58.5 Å². The largest absolute Gasteiger partial charge is 0.476 e. The Labute approximate surface area is 158 Å². The number of hydrogen-bond acceptors (Lipinski definition) is 9. The molecule has 9 nitrogen and oxygen atoms in total. The highest BCUT2D eigenvalue weighted by molar-refractivity contribution is 7.19. The molecule has 3 heterocycles. The molecular formula is C17H16N6O3S. The summed E-state index contributed by atoms with van der Waals surface area (Å²) in [4.78, 5) is 27.3. The number of hydrogen-bond donors (Lipinski definition) is 3. The van der Waals surface area contributed by atoms with E-state index in [4.69, 9.17) is 15.9 Å². The molecule has 138 valence electrons. The number of rotatable bonds is 4. The predicted molar refractivity (Wildman–Crippen MR) is 103 cm³/mol. The number of nitrogens with two attached hydrogens (primary N) is 1. The van der Waals surface area contributed by atoms with Gasteiger partial charge in [0, 0.05) is 36.1 Å². The molecule has 1 aliphatic heterocycles. The molecule has 0 aliphatic carbocycles. The lowest BCUT2D eigenvalue weighted by atomic mass is 10.1. The zero-order valence-corrected chi connectivity index (χ0v) is 15.0. The molecule has 0 radical (unpaired) electrons. The number of anilines is 2. The number of nitrogens with one attached hydrogen (secondary N) is 1. The fourth-order valence-electron chi connectivity index (χ4n) is 2.95. The number of carbonyl (C=O) groups is 1. The first-order valence-electron chi connectivity index (χ1n) is 8.22. The Kier molecular flexibility index (Phi) is 4.42. The number of nitrogen functional groups attached to an aromatic ring is 1. The molecule has 1 aromatic carbocycles. The molecule has 3 aromatic rings. The van der Waals surface area contributed by atoms with Gasteiger partial charge in [0.05, 0.1) is 13.2 Å². The van der Waals surface area contributed by atoms with Gasteiger partial charge in [-0.25, -0.2) is 19.7 Å². The maximum Gasteiger partial charge on any atom is 0.365 e. The third kappa shape index (κ3) is 3.09. The van der Waals surface area contributed by atoms with E-state index in [0.29, 0.717) is 65.1 Å². The van der Waals surface area contributed by atoms with Crippen LogP contribution in [0.25, 0.3) is 21.7 Å². The van der Waals surface area contributed by atoms with E-state index in [2.05, 4.69) is 15.0 Å². The second kappa shape index (κ2) is 6.89. The third-order valence-electron chi connectivity index (χ3n) is 4.26. The molecule has 0 amide bonds. The van der Waals surface area contributed by atoms with Crippen molar-refractivity contribution in [1.29, 1.82) is 5.41 Å². The molecule has 0 unspecified atom stereocenters. The number of thiazole rings is 1. The number of morpholine rings is 1. The topological polar surface area (TPSA) is 138 Å². The molecule has 1 saturated heterocycles. The Morgan fingerprint density at radius 3 is 2.78 bits per heavy atom. The number of benzene rings is 1. The monoisotopic (exact) mass is 384 g/mol. The van der Waals surface area contributed by atoms with Crippen LogP contribution in [0.5, 0.6) is 0 Å². The lowest BCUT2D eigenvalue weighted by Crippen LogP contribution is -2.37. The fraction of sp³-hybridized carbons (Fsp3) is 0.235. The quantitative estimate of drug-likeness (QED) is 0.458. The Morgan fingerprint density at radius 1 is 1.30 bits per heavy atom. The third-order valence-corrected chi connectivity index (χ3v) is 5.20. The van der Waals surface area contributed by atoms with Crippen LogP contribution in [-0.2, 0) is 4.74 Å². The summed E-state index contributed by atoms with van der Waals surface area (Å²) >= 11 is 1.00. The molecule has 2 aromatic heterocycles. The van der Waals surface area contributed by atoms with Crippen LogP contribution in [0.2, 0.25) is 0 Å². The molecule has 10 heteroatoms. The first kappa shape index (κ1) is 17.3. The van der Waals surface area contributed by atoms with Crippen LogP contribution in [0.4, 0.5) is 11.5 Å². The van der Waals surface area contributed by atoms with Crippen LogP contribution in [0.3, 0.4) is 0 Å². The Morgan fingerprint density at radius 2 is 2.07 bits per heavy atom. The van der Waals surface area contributed by atoms with E-state index in [-0.39, 0.29) is 5.01 Å². The summed E-state index contributed by atoms with van der Waals surface area (Å²) in [6, 6.07) is 5.27. The van der Waals surface area contributed by atoms with Gasteiger partial charge in [0.2, 0.25) is 5.01 Å². The summed E-state index contributed by atoms with van der Waals surface area (Å²) in [6.07, 6.45) is 1.17. The maximum absolute atomic E-state index is 11.4. The first-order chi connectivity index (χ1) is 13.1. The van der Waals surface area contributed by atoms with Crippen molar-refractivity contribution >= 4 is 45.4 Å². The van der Waals surface area contributed by atoms with Crippen molar-refractivity contribution in [1.82, 2.24) is 15.0 Å². The number of aromatic nitrogens is 3. The molecule has 0 saturated carbocycles. The lowest BCUT2D eigenvalue weighted by molar-refractivity contribution is 0.0696. The van der Waals surface area contributed by atoms with Crippen molar-refractivity contribution in [2.45, 2.75) is 0 Å². The first-order valence-corrected chi connectivity index (χ1v) is 9.04. The van der Waals surface area contributed by atoms with Crippen LogP contribution in [0, 0.1) is 5.41 Å². The highest BCUT2D eigenvalue weighted by Crippen LogP contribution is 2.33. The molecule has 1 aliphatic rings. The molecule has 0 bridgehead atoms. The Hall–Kier alpha value is -3.11. The van der Waals surface area contributed by atoms with Crippen LogP contribution in [0.1, 0.15) is 15.4 Å². The van der Waals surface area contributed by atoms with E-state index in [1.807, 2.05) is 4.90 Å². The molecule has 27 heavy (non-hydrogen) atoms. The fourth-order valence-corrected chi connectivity index (χ4v) is 3.73. The highest BCUT2D eigenvalue weighted by Gasteiger charge is 2.23. The number of nitrogens with zero attached hydrogens (tertiary/aromatic N) is 4. The van der Waals surface area contributed by atoms with Gasteiger partial charge in [-0.05, 0) is 6.07 Å². The molecule has 0 spiro atoms. The Balaban J connectivity index is 1.95. The number of carboxylic acid groups (broad SMARTS) is 1. The predicted octanol–water partition coefficient (Wildman–Crippen LogP) is 1.87. The lowest BCUT2D eigenvalue weighted by Gasteiger charge is -2.28. The minimum absolute atomic E-state index is 0.0363. The zero-order valence-electron chi connectivity index (χ0n) is 14.2. The van der Waals surface area contributed by atoms with Gasteiger partial charge in [-0.15, -0.1) is 0 Å². The summed E-state index contributed by atoms with van der Waals surface area (Å²) < 4.78 is 5.40.